The monoisotopic (exact) mass is 295 g/mol. The van der Waals surface area contributed by atoms with Crippen LogP contribution in [0.5, 0.6) is 5.75 Å². The smallest absolute Gasteiger partial charge is 0.118 e. The molecule has 116 valence electrons. The summed E-state index contributed by atoms with van der Waals surface area (Å²) in [6, 6.07) is 20.0. The van der Waals surface area contributed by atoms with Crippen LogP contribution in [0.15, 0.2) is 54.6 Å². The molecular weight excluding hydrogens is 270 g/mol. The van der Waals surface area contributed by atoms with Gasteiger partial charge in [0.25, 0.3) is 0 Å². The highest BCUT2D eigenvalue weighted by molar-refractivity contribution is 5.27. The summed E-state index contributed by atoms with van der Waals surface area (Å²) < 4.78 is 5.20. The Labute approximate surface area is 133 Å². The summed E-state index contributed by atoms with van der Waals surface area (Å²) in [5.41, 5.74) is 2.84. The van der Waals surface area contributed by atoms with Gasteiger partial charge in [0, 0.05) is 12.6 Å². The lowest BCUT2D eigenvalue weighted by molar-refractivity contribution is 0.341. The second-order valence-corrected chi connectivity index (χ2v) is 6.19. The third kappa shape index (κ3) is 3.89. The van der Waals surface area contributed by atoms with E-state index in [0.717, 1.165) is 18.2 Å². The topological polar surface area (TPSA) is 21.3 Å². The van der Waals surface area contributed by atoms with Crippen molar-refractivity contribution in [1.29, 1.82) is 0 Å². The molecule has 3 rings (SSSR count). The van der Waals surface area contributed by atoms with Crippen molar-refractivity contribution >= 4 is 0 Å². The van der Waals surface area contributed by atoms with Gasteiger partial charge in [0.1, 0.15) is 5.75 Å². The first-order valence-electron chi connectivity index (χ1n) is 8.26. The molecule has 22 heavy (non-hydrogen) atoms. The summed E-state index contributed by atoms with van der Waals surface area (Å²) in [7, 11) is 1.71. The first-order chi connectivity index (χ1) is 10.8. The maximum Gasteiger partial charge on any atom is 0.118 e. The molecule has 0 atom stereocenters. The fraction of sp³-hybridized carbons (Fsp3) is 0.400. The standard InChI is InChI=1S/C20H25NO/c1-22-20-13-7-16(8-14-20)15-21-19-11-9-18(10-12-19)17-5-3-2-4-6-17/h2-8,13-14,18-19,21H,9-12,15H2,1H3. The molecule has 1 saturated carbocycles. The van der Waals surface area contributed by atoms with Crippen LogP contribution >= 0.6 is 0 Å². The van der Waals surface area contributed by atoms with Crippen molar-refractivity contribution in [3.8, 4) is 5.75 Å². The highest BCUT2D eigenvalue weighted by Gasteiger charge is 2.21. The van der Waals surface area contributed by atoms with E-state index in [1.807, 2.05) is 12.1 Å². The SMILES string of the molecule is COc1ccc(CNC2CCC(c3ccccc3)CC2)cc1. The Kier molecular flexibility index (Phi) is 5.12. The van der Waals surface area contributed by atoms with Crippen LogP contribution in [0, 0.1) is 0 Å². The number of rotatable bonds is 5. The summed E-state index contributed by atoms with van der Waals surface area (Å²) in [6.07, 6.45) is 5.14. The van der Waals surface area contributed by atoms with Gasteiger partial charge in [-0.25, -0.2) is 0 Å². The second kappa shape index (κ2) is 7.46. The van der Waals surface area contributed by atoms with E-state index < -0.39 is 0 Å². The molecule has 0 unspecified atom stereocenters. The minimum atomic E-state index is 0.655. The van der Waals surface area contributed by atoms with E-state index in [9.17, 15) is 0 Å². The maximum atomic E-state index is 5.20. The summed E-state index contributed by atoms with van der Waals surface area (Å²) in [5.74, 6) is 1.67. The van der Waals surface area contributed by atoms with Crippen LogP contribution in [0.25, 0.3) is 0 Å². The number of methoxy groups -OCH3 is 1. The molecule has 2 aromatic carbocycles. The predicted molar refractivity (Wildman–Crippen MR) is 91.3 cm³/mol. The van der Waals surface area contributed by atoms with Gasteiger partial charge < -0.3 is 10.1 Å². The van der Waals surface area contributed by atoms with Crippen molar-refractivity contribution in [2.45, 2.75) is 44.2 Å². The Morgan fingerprint density at radius 1 is 0.909 bits per heavy atom. The fourth-order valence-electron chi connectivity index (χ4n) is 3.36. The van der Waals surface area contributed by atoms with Gasteiger partial charge in [-0.1, -0.05) is 42.5 Å². The zero-order valence-electron chi connectivity index (χ0n) is 13.3. The number of hydrogen-bond acceptors (Lipinski definition) is 2. The molecular formula is C20H25NO. The molecule has 0 heterocycles. The lowest BCUT2D eigenvalue weighted by atomic mass is 9.82. The van der Waals surface area contributed by atoms with Crippen LogP contribution in [-0.4, -0.2) is 13.2 Å². The molecule has 0 radical (unpaired) electrons. The third-order valence-corrected chi connectivity index (χ3v) is 4.75. The van der Waals surface area contributed by atoms with Gasteiger partial charge >= 0.3 is 0 Å². The van der Waals surface area contributed by atoms with Gasteiger partial charge in [0.2, 0.25) is 0 Å². The Hall–Kier alpha value is -1.80. The second-order valence-electron chi connectivity index (χ2n) is 6.19. The first-order valence-corrected chi connectivity index (χ1v) is 8.26. The molecule has 1 fully saturated rings. The molecule has 1 N–H and O–H groups in total. The zero-order valence-corrected chi connectivity index (χ0v) is 13.3. The van der Waals surface area contributed by atoms with E-state index in [1.54, 1.807) is 7.11 Å². The van der Waals surface area contributed by atoms with E-state index in [4.69, 9.17) is 4.74 Å². The average molecular weight is 295 g/mol. The van der Waals surface area contributed by atoms with Crippen LogP contribution in [0.4, 0.5) is 0 Å². The van der Waals surface area contributed by atoms with Gasteiger partial charge in [0.15, 0.2) is 0 Å². The largest absolute Gasteiger partial charge is 0.497 e. The van der Waals surface area contributed by atoms with Crippen LogP contribution in [0.3, 0.4) is 0 Å². The van der Waals surface area contributed by atoms with E-state index >= 15 is 0 Å². The Bertz CT molecular complexity index is 556. The highest BCUT2D eigenvalue weighted by atomic mass is 16.5. The lowest BCUT2D eigenvalue weighted by Gasteiger charge is -2.29. The Balaban J connectivity index is 1.45. The molecule has 2 heteroatoms. The maximum absolute atomic E-state index is 5.20. The van der Waals surface area contributed by atoms with Crippen LogP contribution in [0.1, 0.15) is 42.7 Å². The fourth-order valence-corrected chi connectivity index (χ4v) is 3.36. The average Bonchev–Trinajstić information content (AvgIpc) is 2.61. The quantitative estimate of drug-likeness (QED) is 0.876. The lowest BCUT2D eigenvalue weighted by Crippen LogP contribution is -2.32. The highest BCUT2D eigenvalue weighted by Crippen LogP contribution is 2.32. The molecule has 1 aliphatic carbocycles. The van der Waals surface area contributed by atoms with Gasteiger partial charge in [-0.15, -0.1) is 0 Å². The molecule has 0 aromatic heterocycles. The zero-order chi connectivity index (χ0) is 15.2. The summed E-state index contributed by atoms with van der Waals surface area (Å²) in [5, 5.41) is 3.71. The van der Waals surface area contributed by atoms with Crippen LogP contribution in [-0.2, 0) is 6.54 Å². The van der Waals surface area contributed by atoms with E-state index in [1.165, 1.54) is 36.8 Å². The molecule has 1 aliphatic rings. The van der Waals surface area contributed by atoms with Crippen molar-refractivity contribution in [2.75, 3.05) is 7.11 Å². The molecule has 2 nitrogen and oxygen atoms in total. The number of ether oxygens (including phenoxy) is 1. The van der Waals surface area contributed by atoms with Crippen LogP contribution in [0.2, 0.25) is 0 Å². The van der Waals surface area contributed by atoms with E-state index in [-0.39, 0.29) is 0 Å². The number of nitrogens with one attached hydrogen (secondary N) is 1. The van der Waals surface area contributed by atoms with Crippen molar-refractivity contribution < 1.29 is 4.74 Å². The van der Waals surface area contributed by atoms with Gasteiger partial charge in [-0.3, -0.25) is 0 Å². The Morgan fingerprint density at radius 2 is 1.59 bits per heavy atom. The normalized spacial score (nSPS) is 21.5. The summed E-state index contributed by atoms with van der Waals surface area (Å²) in [4.78, 5) is 0. The molecule has 0 spiro atoms. The predicted octanol–water partition coefficient (Wildman–Crippen LogP) is 4.51. The Morgan fingerprint density at radius 3 is 2.23 bits per heavy atom. The van der Waals surface area contributed by atoms with Crippen molar-refractivity contribution in [1.82, 2.24) is 5.32 Å². The van der Waals surface area contributed by atoms with Gasteiger partial charge in [-0.05, 0) is 54.9 Å². The minimum Gasteiger partial charge on any atom is -0.497 e. The number of benzene rings is 2. The van der Waals surface area contributed by atoms with Gasteiger partial charge in [0.05, 0.1) is 7.11 Å². The van der Waals surface area contributed by atoms with E-state index in [0.29, 0.717) is 6.04 Å². The molecule has 0 bridgehead atoms. The van der Waals surface area contributed by atoms with Crippen LogP contribution < -0.4 is 10.1 Å². The van der Waals surface area contributed by atoms with Crippen molar-refractivity contribution in [2.24, 2.45) is 0 Å². The van der Waals surface area contributed by atoms with Crippen molar-refractivity contribution in [3.63, 3.8) is 0 Å². The van der Waals surface area contributed by atoms with Crippen molar-refractivity contribution in [3.05, 3.63) is 65.7 Å². The summed E-state index contributed by atoms with van der Waals surface area (Å²) >= 11 is 0. The minimum absolute atomic E-state index is 0.655. The molecule has 0 aliphatic heterocycles. The molecule has 2 aromatic rings. The molecule has 0 saturated heterocycles. The van der Waals surface area contributed by atoms with E-state index in [2.05, 4.69) is 47.8 Å². The molecule has 0 amide bonds. The summed E-state index contributed by atoms with van der Waals surface area (Å²) in [6.45, 7) is 0.949. The third-order valence-electron chi connectivity index (χ3n) is 4.75. The first kappa shape index (κ1) is 15.1. The number of hydrogen-bond donors (Lipinski definition) is 1. The van der Waals surface area contributed by atoms with Gasteiger partial charge in [-0.2, -0.15) is 0 Å².